The SMILES string of the molecule is Cc1ccncc1C(=O)N1CCc2c(c(C(=O)O)nn2CC2CC2)C1. The number of carbonyl (C=O) groups is 2. The topological polar surface area (TPSA) is 88.3 Å². The van der Waals surface area contributed by atoms with Crippen molar-refractivity contribution in [2.75, 3.05) is 6.54 Å². The van der Waals surface area contributed by atoms with Crippen LogP contribution in [0.4, 0.5) is 0 Å². The molecule has 1 aliphatic carbocycles. The molecular formula is C18H20N4O3. The number of carboxylic acid groups (broad SMARTS) is 1. The van der Waals surface area contributed by atoms with Gasteiger partial charge >= 0.3 is 5.97 Å². The highest BCUT2D eigenvalue weighted by Gasteiger charge is 2.32. The van der Waals surface area contributed by atoms with Crippen molar-refractivity contribution in [3.8, 4) is 0 Å². The van der Waals surface area contributed by atoms with Gasteiger partial charge in [-0.25, -0.2) is 4.79 Å². The largest absolute Gasteiger partial charge is 0.476 e. The average Bonchev–Trinajstić information content (AvgIpc) is 3.34. The van der Waals surface area contributed by atoms with Gasteiger partial charge < -0.3 is 10.0 Å². The first kappa shape index (κ1) is 15.8. The second kappa shape index (κ2) is 5.98. The number of amides is 1. The van der Waals surface area contributed by atoms with Crippen LogP contribution in [0, 0.1) is 12.8 Å². The van der Waals surface area contributed by atoms with E-state index < -0.39 is 5.97 Å². The molecule has 2 aliphatic rings. The van der Waals surface area contributed by atoms with Gasteiger partial charge in [-0.1, -0.05) is 0 Å². The molecule has 0 spiro atoms. The first-order chi connectivity index (χ1) is 12.0. The quantitative estimate of drug-likeness (QED) is 0.918. The lowest BCUT2D eigenvalue weighted by Gasteiger charge is -2.28. The third kappa shape index (κ3) is 2.90. The van der Waals surface area contributed by atoms with Crippen molar-refractivity contribution < 1.29 is 14.7 Å². The molecule has 0 atom stereocenters. The molecule has 1 aliphatic heterocycles. The van der Waals surface area contributed by atoms with Crippen LogP contribution >= 0.6 is 0 Å². The van der Waals surface area contributed by atoms with Crippen LogP contribution in [0.2, 0.25) is 0 Å². The number of aromatic carboxylic acids is 1. The molecule has 7 nitrogen and oxygen atoms in total. The summed E-state index contributed by atoms with van der Waals surface area (Å²) in [7, 11) is 0. The summed E-state index contributed by atoms with van der Waals surface area (Å²) in [5.74, 6) is -0.525. The van der Waals surface area contributed by atoms with Gasteiger partial charge in [0.2, 0.25) is 0 Å². The van der Waals surface area contributed by atoms with E-state index in [1.807, 2.05) is 11.6 Å². The second-order valence-electron chi connectivity index (χ2n) is 6.87. The van der Waals surface area contributed by atoms with E-state index in [9.17, 15) is 14.7 Å². The zero-order valence-corrected chi connectivity index (χ0v) is 14.1. The molecule has 0 aromatic carbocycles. The highest BCUT2D eigenvalue weighted by Crippen LogP contribution is 2.33. The first-order valence-corrected chi connectivity index (χ1v) is 8.56. The Morgan fingerprint density at radius 3 is 2.84 bits per heavy atom. The number of fused-ring (bicyclic) bond motifs is 1. The third-order valence-electron chi connectivity index (χ3n) is 5.02. The molecule has 2 aromatic rings. The second-order valence-corrected chi connectivity index (χ2v) is 6.87. The molecule has 0 saturated heterocycles. The van der Waals surface area contributed by atoms with E-state index in [1.165, 1.54) is 12.8 Å². The Bertz CT molecular complexity index is 854. The zero-order valence-electron chi connectivity index (χ0n) is 14.1. The highest BCUT2D eigenvalue weighted by molar-refractivity contribution is 5.95. The van der Waals surface area contributed by atoms with Crippen LogP contribution in [-0.4, -0.2) is 43.2 Å². The fraction of sp³-hybridized carbons (Fsp3) is 0.444. The minimum Gasteiger partial charge on any atom is -0.476 e. The summed E-state index contributed by atoms with van der Waals surface area (Å²) < 4.78 is 1.85. The van der Waals surface area contributed by atoms with Crippen LogP contribution in [-0.2, 0) is 19.5 Å². The number of aryl methyl sites for hydroxylation is 1. The van der Waals surface area contributed by atoms with Gasteiger partial charge in [0.1, 0.15) is 0 Å². The molecule has 4 rings (SSSR count). The summed E-state index contributed by atoms with van der Waals surface area (Å²) >= 11 is 0. The van der Waals surface area contributed by atoms with Gasteiger partial charge in [0.15, 0.2) is 5.69 Å². The summed E-state index contributed by atoms with van der Waals surface area (Å²) in [4.78, 5) is 30.1. The molecule has 25 heavy (non-hydrogen) atoms. The minimum atomic E-state index is -1.03. The Labute approximate surface area is 145 Å². The highest BCUT2D eigenvalue weighted by atomic mass is 16.4. The summed E-state index contributed by atoms with van der Waals surface area (Å²) in [5.41, 5.74) is 3.16. The fourth-order valence-electron chi connectivity index (χ4n) is 3.39. The van der Waals surface area contributed by atoms with Gasteiger partial charge in [0, 0.05) is 43.2 Å². The number of carboxylic acids is 1. The van der Waals surface area contributed by atoms with Crippen molar-refractivity contribution in [1.82, 2.24) is 19.7 Å². The van der Waals surface area contributed by atoms with E-state index in [0.717, 1.165) is 17.8 Å². The number of aromatic nitrogens is 3. The van der Waals surface area contributed by atoms with Crippen molar-refractivity contribution in [3.63, 3.8) is 0 Å². The Morgan fingerprint density at radius 1 is 1.36 bits per heavy atom. The smallest absolute Gasteiger partial charge is 0.356 e. The summed E-state index contributed by atoms with van der Waals surface area (Å²) in [6.07, 6.45) is 6.23. The number of nitrogens with zero attached hydrogens (tertiary/aromatic N) is 4. The molecule has 0 radical (unpaired) electrons. The van der Waals surface area contributed by atoms with Gasteiger partial charge in [-0.15, -0.1) is 0 Å². The number of hydrogen-bond acceptors (Lipinski definition) is 4. The molecule has 0 bridgehead atoms. The fourth-order valence-corrected chi connectivity index (χ4v) is 3.39. The predicted molar refractivity (Wildman–Crippen MR) is 89.3 cm³/mol. The van der Waals surface area contributed by atoms with Crippen LogP contribution in [0.25, 0.3) is 0 Å². The standard InChI is InChI=1S/C18H20N4O3/c1-11-4-6-19-8-13(11)17(23)21-7-5-15-14(10-21)16(18(24)25)20-22(15)9-12-2-3-12/h4,6,8,12H,2-3,5,7,9-10H2,1H3,(H,24,25). The Hall–Kier alpha value is -2.70. The molecule has 7 heteroatoms. The van der Waals surface area contributed by atoms with Gasteiger partial charge in [0.25, 0.3) is 5.91 Å². The molecule has 0 unspecified atom stereocenters. The van der Waals surface area contributed by atoms with Crippen molar-refractivity contribution in [3.05, 3.63) is 46.5 Å². The predicted octanol–water partition coefficient (Wildman–Crippen LogP) is 1.89. The maximum absolute atomic E-state index is 12.8. The van der Waals surface area contributed by atoms with Gasteiger partial charge in [-0.3, -0.25) is 14.5 Å². The van der Waals surface area contributed by atoms with Gasteiger partial charge in [0.05, 0.1) is 12.1 Å². The van der Waals surface area contributed by atoms with E-state index in [4.69, 9.17) is 0 Å². The molecule has 1 amide bonds. The van der Waals surface area contributed by atoms with E-state index in [1.54, 1.807) is 23.4 Å². The maximum atomic E-state index is 12.8. The van der Waals surface area contributed by atoms with Crippen molar-refractivity contribution >= 4 is 11.9 Å². The number of hydrogen-bond donors (Lipinski definition) is 1. The summed E-state index contributed by atoms with van der Waals surface area (Å²) in [6, 6.07) is 1.80. The van der Waals surface area contributed by atoms with Crippen molar-refractivity contribution in [2.24, 2.45) is 5.92 Å². The molecular weight excluding hydrogens is 320 g/mol. The van der Waals surface area contributed by atoms with E-state index in [-0.39, 0.29) is 18.1 Å². The first-order valence-electron chi connectivity index (χ1n) is 8.56. The molecule has 1 fully saturated rings. The molecule has 2 aromatic heterocycles. The zero-order chi connectivity index (χ0) is 17.6. The number of rotatable bonds is 4. The van der Waals surface area contributed by atoms with Crippen LogP contribution in [0.1, 0.15) is 50.5 Å². The molecule has 1 saturated carbocycles. The van der Waals surface area contributed by atoms with Crippen molar-refractivity contribution in [1.29, 1.82) is 0 Å². The van der Waals surface area contributed by atoms with Crippen LogP contribution in [0.15, 0.2) is 18.5 Å². The Morgan fingerprint density at radius 2 is 2.16 bits per heavy atom. The van der Waals surface area contributed by atoms with Crippen LogP contribution in [0.3, 0.4) is 0 Å². The molecule has 130 valence electrons. The van der Waals surface area contributed by atoms with E-state index in [2.05, 4.69) is 10.1 Å². The van der Waals surface area contributed by atoms with E-state index >= 15 is 0 Å². The molecule has 1 N–H and O–H groups in total. The lowest BCUT2D eigenvalue weighted by atomic mass is 10.0. The Kier molecular flexibility index (Phi) is 3.78. The summed E-state index contributed by atoms with van der Waals surface area (Å²) in [6.45, 7) is 3.51. The maximum Gasteiger partial charge on any atom is 0.356 e. The van der Waals surface area contributed by atoms with E-state index in [0.29, 0.717) is 30.0 Å². The molecule has 3 heterocycles. The average molecular weight is 340 g/mol. The normalized spacial score (nSPS) is 16.6. The van der Waals surface area contributed by atoms with Gasteiger partial charge in [-0.2, -0.15) is 5.10 Å². The van der Waals surface area contributed by atoms with Crippen molar-refractivity contribution in [2.45, 2.75) is 39.3 Å². The monoisotopic (exact) mass is 340 g/mol. The minimum absolute atomic E-state index is 0.0797. The van der Waals surface area contributed by atoms with Crippen LogP contribution < -0.4 is 0 Å². The number of pyridine rings is 1. The summed E-state index contributed by atoms with van der Waals surface area (Å²) in [5, 5.41) is 13.8. The van der Waals surface area contributed by atoms with Crippen LogP contribution in [0.5, 0.6) is 0 Å². The van der Waals surface area contributed by atoms with Gasteiger partial charge in [-0.05, 0) is 37.3 Å². The Balaban J connectivity index is 1.64. The lowest BCUT2D eigenvalue weighted by molar-refractivity contribution is 0.0673. The number of carbonyl (C=O) groups excluding carboxylic acids is 1. The third-order valence-corrected chi connectivity index (χ3v) is 5.02. The lowest BCUT2D eigenvalue weighted by Crippen LogP contribution is -2.37.